The number of nitrogens with zero attached hydrogens (tertiary/aromatic N) is 2. The molecule has 0 saturated heterocycles. The van der Waals surface area contributed by atoms with Crippen LogP contribution < -0.4 is 5.56 Å². The standard InChI is InChI=1S/C18H18N4O3S/c1-4-25-17(24)15-10(2)14(20-11(15)3)9-19-22-16(23)12-7-5-6-8-13(12)21-18(22)26/h5-9,20H,4H2,1-3H3,(H,21,26)/b19-9+. The van der Waals surface area contributed by atoms with Gasteiger partial charge in [0.2, 0.25) is 4.77 Å². The van der Waals surface area contributed by atoms with Gasteiger partial charge in [-0.2, -0.15) is 9.78 Å². The van der Waals surface area contributed by atoms with Crippen molar-refractivity contribution in [3.05, 3.63) is 61.9 Å². The fourth-order valence-corrected chi connectivity index (χ4v) is 3.03. The summed E-state index contributed by atoms with van der Waals surface area (Å²) >= 11 is 5.23. The maximum absolute atomic E-state index is 12.6. The van der Waals surface area contributed by atoms with Crippen LogP contribution >= 0.6 is 12.2 Å². The molecule has 0 aliphatic heterocycles. The fraction of sp³-hybridized carbons (Fsp3) is 0.222. The van der Waals surface area contributed by atoms with Gasteiger partial charge in [0.25, 0.3) is 5.56 Å². The minimum Gasteiger partial charge on any atom is -0.462 e. The molecule has 2 aromatic heterocycles. The number of carbonyl (C=O) groups excluding carboxylic acids is 1. The number of esters is 1. The summed E-state index contributed by atoms with van der Waals surface area (Å²) in [5.41, 5.74) is 2.81. The van der Waals surface area contributed by atoms with Crippen molar-refractivity contribution in [2.75, 3.05) is 6.61 Å². The molecule has 2 heterocycles. The highest BCUT2D eigenvalue weighted by Gasteiger charge is 2.18. The molecule has 0 amide bonds. The number of benzene rings is 1. The van der Waals surface area contributed by atoms with Crippen molar-refractivity contribution in [1.29, 1.82) is 0 Å². The van der Waals surface area contributed by atoms with Crippen LogP contribution in [-0.4, -0.2) is 33.4 Å². The number of nitrogens with one attached hydrogen (secondary N) is 2. The lowest BCUT2D eigenvalue weighted by molar-refractivity contribution is 0.0525. The Morgan fingerprint density at radius 3 is 2.77 bits per heavy atom. The number of hydrogen-bond acceptors (Lipinski definition) is 5. The topological polar surface area (TPSA) is 92.2 Å². The number of aromatic nitrogens is 3. The Kier molecular flexibility index (Phi) is 4.85. The van der Waals surface area contributed by atoms with Gasteiger partial charge in [0.15, 0.2) is 0 Å². The third kappa shape index (κ3) is 3.11. The van der Waals surface area contributed by atoms with Crippen LogP contribution in [0.5, 0.6) is 0 Å². The van der Waals surface area contributed by atoms with Gasteiger partial charge < -0.3 is 14.7 Å². The first kappa shape index (κ1) is 17.8. The Bertz CT molecular complexity index is 1140. The molecule has 0 unspecified atom stereocenters. The molecule has 0 radical (unpaired) electrons. The van der Waals surface area contributed by atoms with Gasteiger partial charge in [-0.05, 0) is 50.7 Å². The Labute approximate surface area is 154 Å². The fourth-order valence-electron chi connectivity index (χ4n) is 2.79. The molecular weight excluding hydrogens is 352 g/mol. The molecule has 3 rings (SSSR count). The zero-order valence-electron chi connectivity index (χ0n) is 14.6. The minimum atomic E-state index is -0.390. The van der Waals surface area contributed by atoms with Crippen LogP contribution in [0.2, 0.25) is 0 Å². The molecule has 26 heavy (non-hydrogen) atoms. The largest absolute Gasteiger partial charge is 0.462 e. The molecule has 3 aromatic rings. The third-order valence-electron chi connectivity index (χ3n) is 4.04. The van der Waals surface area contributed by atoms with Crippen molar-refractivity contribution in [1.82, 2.24) is 14.6 Å². The summed E-state index contributed by atoms with van der Waals surface area (Å²) in [6.45, 7) is 5.63. The van der Waals surface area contributed by atoms with E-state index in [-0.39, 0.29) is 10.3 Å². The molecule has 134 valence electrons. The zero-order chi connectivity index (χ0) is 18.8. The van der Waals surface area contributed by atoms with Crippen LogP contribution in [0.1, 0.15) is 34.2 Å². The summed E-state index contributed by atoms with van der Waals surface area (Å²) < 4.78 is 6.39. The SMILES string of the molecule is CCOC(=O)c1c(C)[nH]c(/C=N/n2c(=S)[nH]c3ccccc3c2=O)c1C. The van der Waals surface area contributed by atoms with Gasteiger partial charge in [0.1, 0.15) is 0 Å². The van der Waals surface area contributed by atoms with Crippen molar-refractivity contribution < 1.29 is 9.53 Å². The quantitative estimate of drug-likeness (QED) is 0.419. The lowest BCUT2D eigenvalue weighted by Gasteiger charge is -2.03. The van der Waals surface area contributed by atoms with E-state index < -0.39 is 5.97 Å². The van der Waals surface area contributed by atoms with Crippen LogP contribution in [0.3, 0.4) is 0 Å². The van der Waals surface area contributed by atoms with E-state index in [1.54, 1.807) is 39.0 Å². The highest BCUT2D eigenvalue weighted by atomic mass is 32.1. The summed E-state index contributed by atoms with van der Waals surface area (Å²) in [6, 6.07) is 7.09. The second-order valence-corrected chi connectivity index (χ2v) is 6.11. The lowest BCUT2D eigenvalue weighted by Crippen LogP contribution is -2.18. The average Bonchev–Trinajstić information content (AvgIpc) is 2.88. The molecule has 0 aliphatic rings. The van der Waals surface area contributed by atoms with Crippen molar-refractivity contribution in [2.24, 2.45) is 5.10 Å². The van der Waals surface area contributed by atoms with Gasteiger partial charge in [0, 0.05) is 5.69 Å². The molecule has 2 N–H and O–H groups in total. The van der Waals surface area contributed by atoms with Crippen molar-refractivity contribution >= 4 is 35.3 Å². The smallest absolute Gasteiger partial charge is 0.340 e. The van der Waals surface area contributed by atoms with E-state index in [1.807, 2.05) is 6.07 Å². The van der Waals surface area contributed by atoms with E-state index in [9.17, 15) is 9.59 Å². The molecule has 1 aromatic carbocycles. The summed E-state index contributed by atoms with van der Waals surface area (Å²) in [6.07, 6.45) is 1.48. The predicted molar refractivity (Wildman–Crippen MR) is 103 cm³/mol. The van der Waals surface area contributed by atoms with E-state index in [0.29, 0.717) is 40.0 Å². The van der Waals surface area contributed by atoms with Crippen LogP contribution in [0.4, 0.5) is 0 Å². The zero-order valence-corrected chi connectivity index (χ0v) is 15.4. The van der Waals surface area contributed by atoms with Crippen LogP contribution in [0, 0.1) is 18.6 Å². The van der Waals surface area contributed by atoms with E-state index >= 15 is 0 Å². The van der Waals surface area contributed by atoms with Crippen LogP contribution in [0.25, 0.3) is 10.9 Å². The highest BCUT2D eigenvalue weighted by molar-refractivity contribution is 7.71. The van der Waals surface area contributed by atoms with E-state index in [1.165, 1.54) is 6.21 Å². The predicted octanol–water partition coefficient (Wildman–Crippen LogP) is 3.06. The van der Waals surface area contributed by atoms with Crippen molar-refractivity contribution in [2.45, 2.75) is 20.8 Å². The van der Waals surface area contributed by atoms with Gasteiger partial charge >= 0.3 is 5.97 Å². The summed E-state index contributed by atoms with van der Waals surface area (Å²) in [5.74, 6) is -0.390. The normalized spacial score (nSPS) is 11.3. The van der Waals surface area contributed by atoms with Gasteiger partial charge in [-0.25, -0.2) is 4.79 Å². The molecule has 0 aliphatic carbocycles. The summed E-state index contributed by atoms with van der Waals surface area (Å²) in [5, 5.41) is 4.70. The van der Waals surface area contributed by atoms with Gasteiger partial charge in [0.05, 0.1) is 35.0 Å². The highest BCUT2D eigenvalue weighted by Crippen LogP contribution is 2.18. The maximum atomic E-state index is 12.6. The van der Waals surface area contributed by atoms with Crippen LogP contribution in [0.15, 0.2) is 34.2 Å². The summed E-state index contributed by atoms with van der Waals surface area (Å²) in [4.78, 5) is 30.7. The monoisotopic (exact) mass is 370 g/mol. The molecule has 8 heteroatoms. The molecule has 0 spiro atoms. The molecule has 0 saturated carbocycles. The number of hydrogen-bond donors (Lipinski definition) is 2. The number of aryl methyl sites for hydroxylation is 1. The van der Waals surface area contributed by atoms with E-state index in [2.05, 4.69) is 15.1 Å². The molecule has 0 atom stereocenters. The number of aromatic amines is 2. The number of H-pyrrole nitrogens is 2. The van der Waals surface area contributed by atoms with E-state index in [0.717, 1.165) is 4.68 Å². The first-order valence-corrected chi connectivity index (χ1v) is 8.49. The second kappa shape index (κ2) is 7.09. The Morgan fingerprint density at radius 1 is 1.31 bits per heavy atom. The first-order chi connectivity index (χ1) is 12.4. The second-order valence-electron chi connectivity index (χ2n) is 5.72. The first-order valence-electron chi connectivity index (χ1n) is 8.08. The molecule has 0 bridgehead atoms. The number of ether oxygens (including phenoxy) is 1. The van der Waals surface area contributed by atoms with Gasteiger partial charge in [-0.15, -0.1) is 0 Å². The Balaban J connectivity index is 2.06. The molecule has 7 nitrogen and oxygen atoms in total. The number of carbonyl (C=O) groups is 1. The minimum absolute atomic E-state index is 0.191. The van der Waals surface area contributed by atoms with E-state index in [4.69, 9.17) is 17.0 Å². The Hall–Kier alpha value is -3.00. The Morgan fingerprint density at radius 2 is 2.04 bits per heavy atom. The average molecular weight is 370 g/mol. The van der Waals surface area contributed by atoms with Crippen molar-refractivity contribution in [3.8, 4) is 0 Å². The summed E-state index contributed by atoms with van der Waals surface area (Å²) in [7, 11) is 0. The maximum Gasteiger partial charge on any atom is 0.340 e. The van der Waals surface area contributed by atoms with Crippen molar-refractivity contribution in [3.63, 3.8) is 0 Å². The number of rotatable bonds is 4. The lowest BCUT2D eigenvalue weighted by atomic mass is 10.1. The van der Waals surface area contributed by atoms with Gasteiger partial charge in [-0.3, -0.25) is 4.79 Å². The number of para-hydroxylation sites is 1. The molecular formula is C18H18N4O3S. The number of fused-ring (bicyclic) bond motifs is 1. The third-order valence-corrected chi connectivity index (χ3v) is 4.32. The van der Waals surface area contributed by atoms with Crippen LogP contribution in [-0.2, 0) is 4.74 Å². The van der Waals surface area contributed by atoms with Gasteiger partial charge in [-0.1, -0.05) is 12.1 Å². The molecule has 0 fully saturated rings.